The second-order valence-corrected chi connectivity index (χ2v) is 8.63. The van der Waals surface area contributed by atoms with E-state index in [4.69, 9.17) is 25.8 Å². The van der Waals surface area contributed by atoms with Crippen LogP contribution < -0.4 is 19.5 Å². The van der Waals surface area contributed by atoms with Crippen LogP contribution in [0.3, 0.4) is 0 Å². The minimum atomic E-state index is -0.672. The SMILES string of the molecule is COc1cc(NC(=O)/C(C#N)=C/c2c(OCc3ccc([N+](=O)[O-])cc3)ccc3ccccc23)c(OC)cc1Cl. The standard InChI is InChI=1S/C29H22ClN3O6/c1-37-27-15-25(28(38-2)14-24(27)30)32-29(34)20(16-31)13-23-22-6-4-3-5-19(22)9-12-26(23)39-17-18-7-10-21(11-8-18)33(35)36/h3-15H,17H2,1-2H3,(H,32,34)/b20-13+. The van der Waals surface area contributed by atoms with Gasteiger partial charge in [0.05, 0.1) is 29.9 Å². The largest absolute Gasteiger partial charge is 0.495 e. The van der Waals surface area contributed by atoms with E-state index in [1.54, 1.807) is 18.2 Å². The number of anilines is 1. The molecule has 1 amide bonds. The average molecular weight is 544 g/mol. The van der Waals surface area contributed by atoms with E-state index >= 15 is 0 Å². The molecule has 39 heavy (non-hydrogen) atoms. The summed E-state index contributed by atoms with van der Waals surface area (Å²) < 4.78 is 16.6. The minimum Gasteiger partial charge on any atom is -0.495 e. The van der Waals surface area contributed by atoms with Crippen LogP contribution in [-0.2, 0) is 11.4 Å². The van der Waals surface area contributed by atoms with Crippen LogP contribution in [0.5, 0.6) is 17.2 Å². The lowest BCUT2D eigenvalue weighted by Gasteiger charge is -2.14. The maximum Gasteiger partial charge on any atom is 0.269 e. The molecule has 0 fully saturated rings. The molecule has 0 aromatic heterocycles. The Morgan fingerprint density at radius 1 is 1.03 bits per heavy atom. The third kappa shape index (κ3) is 6.09. The number of methoxy groups -OCH3 is 2. The lowest BCUT2D eigenvalue weighted by Crippen LogP contribution is -2.14. The van der Waals surface area contributed by atoms with Crippen molar-refractivity contribution in [1.82, 2.24) is 0 Å². The average Bonchev–Trinajstić information content (AvgIpc) is 2.95. The molecule has 10 heteroatoms. The molecule has 4 aromatic rings. The molecule has 0 unspecified atom stereocenters. The molecule has 1 N–H and O–H groups in total. The van der Waals surface area contributed by atoms with Crippen molar-refractivity contribution in [2.45, 2.75) is 6.61 Å². The van der Waals surface area contributed by atoms with Gasteiger partial charge < -0.3 is 19.5 Å². The molecule has 0 heterocycles. The topological polar surface area (TPSA) is 124 Å². The first kappa shape index (κ1) is 27.0. The van der Waals surface area contributed by atoms with Gasteiger partial charge in [0.2, 0.25) is 0 Å². The Balaban J connectivity index is 1.69. The number of nitrogens with one attached hydrogen (secondary N) is 1. The van der Waals surface area contributed by atoms with Crippen molar-refractivity contribution in [3.8, 4) is 23.3 Å². The van der Waals surface area contributed by atoms with Crippen molar-refractivity contribution in [3.63, 3.8) is 0 Å². The van der Waals surface area contributed by atoms with Crippen molar-refractivity contribution in [2.75, 3.05) is 19.5 Å². The van der Waals surface area contributed by atoms with Gasteiger partial charge in [0.15, 0.2) is 0 Å². The Kier molecular flexibility index (Phi) is 8.29. The summed E-state index contributed by atoms with van der Waals surface area (Å²) in [7, 11) is 2.87. The first-order chi connectivity index (χ1) is 18.8. The minimum absolute atomic E-state index is 0.0207. The molecule has 9 nitrogen and oxygen atoms in total. The smallest absolute Gasteiger partial charge is 0.269 e. The Bertz CT molecular complexity index is 1630. The summed E-state index contributed by atoms with van der Waals surface area (Å²) in [5.41, 5.74) is 1.32. The van der Waals surface area contributed by atoms with Gasteiger partial charge in [-0.05, 0) is 40.6 Å². The monoisotopic (exact) mass is 543 g/mol. The zero-order valence-electron chi connectivity index (χ0n) is 20.9. The number of benzene rings is 4. The second-order valence-electron chi connectivity index (χ2n) is 8.22. The van der Waals surface area contributed by atoms with Crippen molar-refractivity contribution < 1.29 is 23.9 Å². The quantitative estimate of drug-likeness (QED) is 0.110. The van der Waals surface area contributed by atoms with Gasteiger partial charge in [0, 0.05) is 29.8 Å². The molecule has 0 spiro atoms. The highest BCUT2D eigenvalue weighted by atomic mass is 35.5. The Morgan fingerprint density at radius 3 is 2.41 bits per heavy atom. The maximum absolute atomic E-state index is 13.2. The number of halogens is 1. The Hall–Kier alpha value is -5.07. The number of nitro groups is 1. The highest BCUT2D eigenvalue weighted by Gasteiger charge is 2.17. The molecule has 0 aliphatic carbocycles. The van der Waals surface area contributed by atoms with Gasteiger partial charge in [-0.15, -0.1) is 0 Å². The summed E-state index contributed by atoms with van der Waals surface area (Å²) in [6, 6.07) is 22.1. The van der Waals surface area contributed by atoms with Crippen LogP contribution in [0.1, 0.15) is 11.1 Å². The lowest BCUT2D eigenvalue weighted by molar-refractivity contribution is -0.384. The summed E-state index contributed by atoms with van der Waals surface area (Å²) in [4.78, 5) is 23.7. The van der Waals surface area contributed by atoms with Gasteiger partial charge >= 0.3 is 0 Å². The molecule has 0 aliphatic heterocycles. The summed E-state index contributed by atoms with van der Waals surface area (Å²) in [5, 5.41) is 25.5. The van der Waals surface area contributed by atoms with E-state index in [9.17, 15) is 20.2 Å². The van der Waals surface area contributed by atoms with Gasteiger partial charge in [0.25, 0.3) is 11.6 Å². The molecule has 0 saturated heterocycles. The predicted octanol–water partition coefficient (Wildman–Crippen LogP) is 6.54. The van der Waals surface area contributed by atoms with E-state index in [0.717, 1.165) is 10.8 Å². The number of nitrogens with zero attached hydrogens (tertiary/aromatic N) is 2. The summed E-state index contributed by atoms with van der Waals surface area (Å²) >= 11 is 6.16. The number of carbonyl (C=O) groups is 1. The Labute approximate surface area is 228 Å². The molecule has 4 rings (SSSR count). The number of amides is 1. The summed E-state index contributed by atoms with van der Waals surface area (Å²) in [6.45, 7) is 0.118. The van der Waals surface area contributed by atoms with Crippen LogP contribution in [0.4, 0.5) is 11.4 Å². The number of nitro benzene ring substituents is 1. The third-order valence-electron chi connectivity index (χ3n) is 5.85. The lowest BCUT2D eigenvalue weighted by atomic mass is 10.0. The van der Waals surface area contributed by atoms with Gasteiger partial charge in [-0.2, -0.15) is 5.26 Å². The molecule has 0 atom stereocenters. The highest BCUT2D eigenvalue weighted by molar-refractivity contribution is 6.32. The summed E-state index contributed by atoms with van der Waals surface area (Å²) in [6.07, 6.45) is 1.46. The zero-order valence-corrected chi connectivity index (χ0v) is 21.7. The van der Waals surface area contributed by atoms with Crippen LogP contribution in [-0.4, -0.2) is 25.1 Å². The Morgan fingerprint density at radius 2 is 1.74 bits per heavy atom. The van der Waals surface area contributed by atoms with E-state index in [1.165, 1.54) is 44.6 Å². The number of ether oxygens (including phenoxy) is 3. The molecule has 196 valence electrons. The number of carbonyl (C=O) groups excluding carboxylic acids is 1. The van der Waals surface area contributed by atoms with Crippen LogP contribution >= 0.6 is 11.6 Å². The maximum atomic E-state index is 13.2. The van der Waals surface area contributed by atoms with E-state index in [-0.39, 0.29) is 23.6 Å². The predicted molar refractivity (Wildman–Crippen MR) is 148 cm³/mol. The molecule has 0 radical (unpaired) electrons. The van der Waals surface area contributed by atoms with E-state index in [0.29, 0.717) is 33.4 Å². The van der Waals surface area contributed by atoms with Crippen molar-refractivity contribution >= 4 is 45.7 Å². The van der Waals surface area contributed by atoms with Gasteiger partial charge in [-0.1, -0.05) is 41.9 Å². The third-order valence-corrected chi connectivity index (χ3v) is 6.14. The fraction of sp³-hybridized carbons (Fsp3) is 0.103. The number of hydrogen-bond acceptors (Lipinski definition) is 7. The number of nitriles is 1. The van der Waals surface area contributed by atoms with Crippen LogP contribution in [0.2, 0.25) is 5.02 Å². The van der Waals surface area contributed by atoms with Crippen LogP contribution in [0, 0.1) is 21.4 Å². The fourth-order valence-corrected chi connectivity index (χ4v) is 4.10. The number of hydrogen-bond donors (Lipinski definition) is 1. The molecule has 0 bridgehead atoms. The number of non-ortho nitro benzene ring substituents is 1. The highest BCUT2D eigenvalue weighted by Crippen LogP contribution is 2.36. The first-order valence-electron chi connectivity index (χ1n) is 11.6. The summed E-state index contributed by atoms with van der Waals surface area (Å²) in [5.74, 6) is 0.378. The van der Waals surface area contributed by atoms with E-state index in [1.807, 2.05) is 36.4 Å². The van der Waals surface area contributed by atoms with E-state index < -0.39 is 10.8 Å². The normalized spacial score (nSPS) is 11.0. The second kappa shape index (κ2) is 12.0. The van der Waals surface area contributed by atoms with Gasteiger partial charge in [0.1, 0.15) is 35.5 Å². The van der Waals surface area contributed by atoms with Crippen LogP contribution in [0.25, 0.3) is 16.8 Å². The zero-order chi connectivity index (χ0) is 27.9. The molecule has 0 aliphatic rings. The van der Waals surface area contributed by atoms with Crippen molar-refractivity contribution in [3.05, 3.63) is 105 Å². The van der Waals surface area contributed by atoms with Gasteiger partial charge in [-0.3, -0.25) is 14.9 Å². The van der Waals surface area contributed by atoms with Crippen molar-refractivity contribution in [1.29, 1.82) is 5.26 Å². The van der Waals surface area contributed by atoms with Gasteiger partial charge in [-0.25, -0.2) is 0 Å². The molecular formula is C29H22ClN3O6. The molecular weight excluding hydrogens is 522 g/mol. The van der Waals surface area contributed by atoms with Crippen molar-refractivity contribution in [2.24, 2.45) is 0 Å². The van der Waals surface area contributed by atoms with Crippen LogP contribution in [0.15, 0.2) is 78.4 Å². The fourth-order valence-electron chi connectivity index (χ4n) is 3.87. The van der Waals surface area contributed by atoms with E-state index in [2.05, 4.69) is 5.32 Å². The number of rotatable bonds is 9. The molecule has 0 saturated carbocycles. The first-order valence-corrected chi connectivity index (χ1v) is 11.9. The number of fused-ring (bicyclic) bond motifs is 1. The molecule has 4 aromatic carbocycles.